The zero-order chi connectivity index (χ0) is 23.8. The smallest absolute Gasteiger partial charge is 0.417 e. The summed E-state index contributed by atoms with van der Waals surface area (Å²) in [5.41, 5.74) is 0.110. The van der Waals surface area contributed by atoms with E-state index in [0.29, 0.717) is 37.8 Å². The SMILES string of the molecule is CN=CC=CNCc1cccnc1C(=O)N1CCCC(Oc2ncc(C(F)(F)F)cc2Cl)C1. The monoisotopic (exact) mass is 481 g/mol. The normalized spacial score (nSPS) is 17.0. The molecule has 1 fully saturated rings. The fourth-order valence-corrected chi connectivity index (χ4v) is 3.54. The minimum Gasteiger partial charge on any atom is -0.471 e. The van der Waals surface area contributed by atoms with Gasteiger partial charge in [-0.2, -0.15) is 13.2 Å². The average molecular weight is 482 g/mol. The van der Waals surface area contributed by atoms with E-state index in [1.165, 1.54) is 0 Å². The molecule has 0 radical (unpaired) electrons. The molecule has 11 heteroatoms. The molecule has 3 heterocycles. The van der Waals surface area contributed by atoms with Gasteiger partial charge in [0, 0.05) is 44.3 Å². The van der Waals surface area contributed by atoms with Gasteiger partial charge in [0.15, 0.2) is 0 Å². The van der Waals surface area contributed by atoms with E-state index in [1.54, 1.807) is 42.7 Å². The number of nitrogens with one attached hydrogen (secondary N) is 1. The molecule has 0 spiro atoms. The van der Waals surface area contributed by atoms with Gasteiger partial charge < -0.3 is 15.0 Å². The van der Waals surface area contributed by atoms with Crippen LogP contribution < -0.4 is 10.1 Å². The van der Waals surface area contributed by atoms with E-state index in [2.05, 4.69) is 20.3 Å². The maximum atomic E-state index is 13.1. The van der Waals surface area contributed by atoms with E-state index in [-0.39, 0.29) is 23.4 Å². The van der Waals surface area contributed by atoms with Crippen LogP contribution in [-0.2, 0) is 12.7 Å². The first-order valence-electron chi connectivity index (χ1n) is 10.2. The Morgan fingerprint density at radius 2 is 2.24 bits per heavy atom. The Balaban J connectivity index is 1.67. The van der Waals surface area contributed by atoms with Gasteiger partial charge in [-0.15, -0.1) is 0 Å². The molecule has 1 aliphatic rings. The van der Waals surface area contributed by atoms with Gasteiger partial charge in [-0.3, -0.25) is 14.8 Å². The third-order valence-electron chi connectivity index (χ3n) is 4.91. The fourth-order valence-electron chi connectivity index (χ4n) is 3.33. The summed E-state index contributed by atoms with van der Waals surface area (Å²) in [6.07, 6.45) is 3.61. The lowest BCUT2D eigenvalue weighted by Crippen LogP contribution is -2.45. The molecule has 1 unspecified atom stereocenters. The van der Waals surface area contributed by atoms with Crippen molar-refractivity contribution in [3.63, 3.8) is 0 Å². The number of amides is 1. The highest BCUT2D eigenvalue weighted by Crippen LogP contribution is 2.33. The van der Waals surface area contributed by atoms with Crippen LogP contribution in [0.25, 0.3) is 0 Å². The number of halogens is 4. The van der Waals surface area contributed by atoms with Gasteiger partial charge in [0.25, 0.3) is 5.91 Å². The molecule has 3 rings (SSSR count). The van der Waals surface area contributed by atoms with Gasteiger partial charge in [0.2, 0.25) is 5.88 Å². The molecule has 0 bridgehead atoms. The van der Waals surface area contributed by atoms with Crippen LogP contribution >= 0.6 is 11.6 Å². The second-order valence-electron chi connectivity index (χ2n) is 7.30. The number of carbonyl (C=O) groups excluding carboxylic acids is 1. The summed E-state index contributed by atoms with van der Waals surface area (Å²) in [5.74, 6) is -0.333. The Kier molecular flexibility index (Phi) is 8.26. The number of pyridine rings is 2. The first-order chi connectivity index (χ1) is 15.8. The maximum Gasteiger partial charge on any atom is 0.417 e. The second kappa shape index (κ2) is 11.1. The van der Waals surface area contributed by atoms with E-state index >= 15 is 0 Å². The third-order valence-corrected chi connectivity index (χ3v) is 5.18. The van der Waals surface area contributed by atoms with Crippen molar-refractivity contribution in [2.24, 2.45) is 4.99 Å². The Labute approximate surface area is 194 Å². The summed E-state index contributed by atoms with van der Waals surface area (Å²) in [7, 11) is 1.67. The predicted molar refractivity (Wildman–Crippen MR) is 118 cm³/mol. The Hall–Kier alpha value is -3.14. The van der Waals surface area contributed by atoms with Crippen molar-refractivity contribution in [1.29, 1.82) is 0 Å². The first-order valence-corrected chi connectivity index (χ1v) is 10.6. The summed E-state index contributed by atoms with van der Waals surface area (Å²) in [5, 5.41) is 2.86. The molecule has 1 aliphatic heterocycles. The number of carbonyl (C=O) groups is 1. The number of piperidine rings is 1. The number of aliphatic imine (C=N–C) groups is 1. The number of aromatic nitrogens is 2. The molecule has 0 aromatic carbocycles. The van der Waals surface area contributed by atoms with Gasteiger partial charge in [-0.05, 0) is 37.3 Å². The van der Waals surface area contributed by atoms with Gasteiger partial charge in [0.1, 0.15) is 16.8 Å². The molecule has 2 aromatic rings. The summed E-state index contributed by atoms with van der Waals surface area (Å²) in [4.78, 5) is 26.6. The zero-order valence-electron chi connectivity index (χ0n) is 17.8. The van der Waals surface area contributed by atoms with Crippen LogP contribution in [0.3, 0.4) is 0 Å². The summed E-state index contributed by atoms with van der Waals surface area (Å²) in [6, 6.07) is 4.35. The Morgan fingerprint density at radius 3 is 2.97 bits per heavy atom. The minimum atomic E-state index is -4.54. The number of likely N-dealkylation sites (tertiary alicyclic amines) is 1. The molecule has 1 atom stereocenters. The highest BCUT2D eigenvalue weighted by atomic mass is 35.5. The van der Waals surface area contributed by atoms with Crippen molar-refractivity contribution in [2.75, 3.05) is 20.1 Å². The number of hydrogen-bond acceptors (Lipinski definition) is 6. The highest BCUT2D eigenvalue weighted by molar-refractivity contribution is 6.31. The van der Waals surface area contributed by atoms with Crippen molar-refractivity contribution in [3.8, 4) is 5.88 Å². The van der Waals surface area contributed by atoms with Crippen molar-refractivity contribution >= 4 is 23.7 Å². The van der Waals surface area contributed by atoms with Crippen LogP contribution in [0.15, 0.2) is 47.9 Å². The van der Waals surface area contributed by atoms with Gasteiger partial charge >= 0.3 is 6.18 Å². The molecule has 2 aromatic heterocycles. The summed E-state index contributed by atoms with van der Waals surface area (Å²) >= 11 is 5.95. The predicted octanol–water partition coefficient (Wildman–Crippen LogP) is 4.14. The number of rotatable bonds is 7. The zero-order valence-corrected chi connectivity index (χ0v) is 18.6. The second-order valence-corrected chi connectivity index (χ2v) is 7.71. The van der Waals surface area contributed by atoms with Crippen LogP contribution in [0.2, 0.25) is 5.02 Å². The highest BCUT2D eigenvalue weighted by Gasteiger charge is 2.33. The van der Waals surface area contributed by atoms with Crippen molar-refractivity contribution in [1.82, 2.24) is 20.2 Å². The van der Waals surface area contributed by atoms with Crippen molar-refractivity contribution in [2.45, 2.75) is 31.7 Å². The average Bonchev–Trinajstić information content (AvgIpc) is 2.79. The lowest BCUT2D eigenvalue weighted by atomic mass is 10.1. The van der Waals surface area contributed by atoms with Crippen molar-refractivity contribution in [3.05, 3.63) is 64.7 Å². The molecule has 1 saturated heterocycles. The number of nitrogens with zero attached hydrogens (tertiary/aromatic N) is 4. The molecular formula is C22H23ClF3N5O2. The minimum absolute atomic E-state index is 0.0888. The van der Waals surface area contributed by atoms with Crippen LogP contribution in [0, 0.1) is 0 Å². The Bertz CT molecular complexity index is 1030. The Morgan fingerprint density at radius 1 is 1.42 bits per heavy atom. The van der Waals surface area contributed by atoms with E-state index in [9.17, 15) is 18.0 Å². The standard InChI is InChI=1S/C22H23ClF3N5O2/c1-27-7-4-8-28-12-15-5-2-9-29-19(15)21(32)31-10-3-6-17(14-31)33-20-18(23)11-16(13-30-20)22(24,25)26/h2,4-5,7-9,11,13,17,28H,3,6,10,12,14H2,1H3. The summed E-state index contributed by atoms with van der Waals surface area (Å²) < 4.78 is 44.2. The number of hydrogen-bond donors (Lipinski definition) is 1. The van der Waals surface area contributed by atoms with E-state index < -0.39 is 17.8 Å². The van der Waals surface area contributed by atoms with Gasteiger partial charge in [0.05, 0.1) is 12.1 Å². The van der Waals surface area contributed by atoms with E-state index in [4.69, 9.17) is 16.3 Å². The molecule has 1 N–H and O–H groups in total. The maximum absolute atomic E-state index is 13.1. The van der Waals surface area contributed by atoms with Crippen LogP contribution in [-0.4, -0.2) is 53.2 Å². The van der Waals surface area contributed by atoms with Crippen LogP contribution in [0.5, 0.6) is 5.88 Å². The molecular weight excluding hydrogens is 459 g/mol. The number of ether oxygens (including phenoxy) is 1. The van der Waals surface area contributed by atoms with Crippen molar-refractivity contribution < 1.29 is 22.7 Å². The fraction of sp³-hybridized carbons (Fsp3) is 0.364. The van der Waals surface area contributed by atoms with E-state index in [1.807, 2.05) is 6.07 Å². The third kappa shape index (κ3) is 6.67. The lowest BCUT2D eigenvalue weighted by Gasteiger charge is -2.33. The topological polar surface area (TPSA) is 79.7 Å². The summed E-state index contributed by atoms with van der Waals surface area (Å²) in [6.45, 7) is 1.17. The van der Waals surface area contributed by atoms with E-state index in [0.717, 1.165) is 11.6 Å². The first kappa shape index (κ1) is 24.5. The molecule has 0 saturated carbocycles. The number of alkyl halides is 3. The quantitative estimate of drug-likeness (QED) is 0.601. The van der Waals surface area contributed by atoms with Crippen LogP contribution in [0.4, 0.5) is 13.2 Å². The van der Waals surface area contributed by atoms with Gasteiger partial charge in [-0.25, -0.2) is 4.98 Å². The van der Waals surface area contributed by atoms with Gasteiger partial charge in [-0.1, -0.05) is 17.7 Å². The molecule has 33 heavy (non-hydrogen) atoms. The molecule has 176 valence electrons. The molecule has 7 nitrogen and oxygen atoms in total. The largest absolute Gasteiger partial charge is 0.471 e. The molecule has 1 amide bonds. The molecule has 0 aliphatic carbocycles. The lowest BCUT2D eigenvalue weighted by molar-refractivity contribution is -0.137. The van der Waals surface area contributed by atoms with Crippen LogP contribution in [0.1, 0.15) is 34.5 Å². The number of allylic oxidation sites excluding steroid dienone is 1.